The van der Waals surface area contributed by atoms with Crippen LogP contribution in [0.4, 0.5) is 0 Å². The van der Waals surface area contributed by atoms with Crippen LogP contribution in [0.5, 0.6) is 0 Å². The maximum Gasteiger partial charge on any atom is 0.337 e. The molecule has 0 heterocycles. The quantitative estimate of drug-likeness (QED) is 0.516. The molecule has 0 aliphatic heterocycles. The number of benzene rings is 2. The van der Waals surface area contributed by atoms with Gasteiger partial charge in [0.25, 0.3) is 0 Å². The monoisotopic (exact) mass is 354 g/mol. The van der Waals surface area contributed by atoms with Crippen LogP contribution in [0.2, 0.25) is 0 Å². The van der Waals surface area contributed by atoms with Gasteiger partial charge in [-0.15, -0.1) is 0 Å². The highest BCUT2D eigenvalue weighted by molar-refractivity contribution is 6.03. The molecule has 0 amide bonds. The minimum absolute atomic E-state index is 0.0434. The van der Waals surface area contributed by atoms with Crippen LogP contribution in [0.1, 0.15) is 29.9 Å². The predicted octanol–water partition coefficient (Wildman–Crippen LogP) is 1.86. The van der Waals surface area contributed by atoms with E-state index in [9.17, 15) is 14.7 Å². The van der Waals surface area contributed by atoms with E-state index >= 15 is 0 Å². The van der Waals surface area contributed by atoms with E-state index in [0.717, 1.165) is 22.3 Å². The highest BCUT2D eigenvalue weighted by Crippen LogP contribution is 2.44. The molecule has 0 fully saturated rings. The summed E-state index contributed by atoms with van der Waals surface area (Å²) >= 11 is 0. The van der Waals surface area contributed by atoms with E-state index in [1.54, 1.807) is 0 Å². The first-order chi connectivity index (χ1) is 12.5. The molecule has 5 N–H and O–H groups in total. The summed E-state index contributed by atoms with van der Waals surface area (Å²) in [6, 6.07) is 15.8. The highest BCUT2D eigenvalue weighted by Gasteiger charge is 2.44. The Kier molecular flexibility index (Phi) is 5.06. The van der Waals surface area contributed by atoms with Crippen LogP contribution in [0.25, 0.3) is 11.1 Å². The number of aliphatic carboxylic acids is 1. The van der Waals surface area contributed by atoms with E-state index in [2.05, 4.69) is 0 Å². The Balaban J connectivity index is 1.81. The molecule has 0 unspecified atom stereocenters. The fraction of sp³-hybridized carbons (Fsp3) is 0.300. The van der Waals surface area contributed by atoms with Crippen molar-refractivity contribution in [2.75, 3.05) is 13.2 Å². The topological polar surface area (TPSA) is 116 Å². The van der Waals surface area contributed by atoms with E-state index in [-0.39, 0.29) is 25.5 Å². The molecular formula is C20H22N2O4. The smallest absolute Gasteiger partial charge is 0.337 e. The molecule has 1 aliphatic rings. The fourth-order valence-electron chi connectivity index (χ4n) is 3.40. The second kappa shape index (κ2) is 7.27. The van der Waals surface area contributed by atoms with Crippen LogP contribution in [-0.2, 0) is 14.3 Å². The molecule has 6 nitrogen and oxygen atoms in total. The van der Waals surface area contributed by atoms with Crippen molar-refractivity contribution in [3.8, 4) is 11.1 Å². The zero-order chi connectivity index (χ0) is 18.7. The summed E-state index contributed by atoms with van der Waals surface area (Å²) < 4.78 is 5.38. The number of carbonyl (C=O) groups is 2. The summed E-state index contributed by atoms with van der Waals surface area (Å²) in [6.07, 6.45) is 0.266. The van der Waals surface area contributed by atoms with Gasteiger partial charge in [0.15, 0.2) is 0 Å². The van der Waals surface area contributed by atoms with Gasteiger partial charge in [0.2, 0.25) is 5.54 Å². The lowest BCUT2D eigenvalue weighted by Crippen LogP contribution is -2.56. The average Bonchev–Trinajstić information content (AvgIpc) is 2.98. The molecule has 0 saturated carbocycles. The first-order valence-electron chi connectivity index (χ1n) is 8.57. The maximum absolute atomic E-state index is 12.4. The molecule has 1 aliphatic carbocycles. The molecule has 1 atom stereocenters. The van der Waals surface area contributed by atoms with E-state index in [1.807, 2.05) is 48.5 Å². The number of carbonyl (C=O) groups excluding carboxylic acids is 1. The number of esters is 1. The van der Waals surface area contributed by atoms with Crippen molar-refractivity contribution < 1.29 is 19.4 Å². The van der Waals surface area contributed by atoms with E-state index in [0.29, 0.717) is 6.42 Å². The Labute approximate surface area is 151 Å². The molecule has 26 heavy (non-hydrogen) atoms. The normalized spacial score (nSPS) is 15.0. The van der Waals surface area contributed by atoms with Crippen molar-refractivity contribution in [1.82, 2.24) is 0 Å². The Hall–Kier alpha value is -2.70. The summed E-state index contributed by atoms with van der Waals surface area (Å²) in [7, 11) is 0. The highest BCUT2D eigenvalue weighted by atomic mass is 16.5. The van der Waals surface area contributed by atoms with Gasteiger partial charge in [0.05, 0.1) is 0 Å². The first-order valence-corrected chi connectivity index (χ1v) is 8.57. The summed E-state index contributed by atoms with van der Waals surface area (Å²) in [4.78, 5) is 23.9. The van der Waals surface area contributed by atoms with Crippen molar-refractivity contribution in [1.29, 1.82) is 0 Å². The Morgan fingerprint density at radius 1 is 1.04 bits per heavy atom. The number of carboxylic acids is 1. The third-order valence-corrected chi connectivity index (χ3v) is 4.86. The molecule has 2 aromatic carbocycles. The number of hydrogen-bond acceptors (Lipinski definition) is 5. The molecule has 6 heteroatoms. The lowest BCUT2D eigenvalue weighted by atomic mass is 9.94. The van der Waals surface area contributed by atoms with E-state index < -0.39 is 17.5 Å². The lowest BCUT2D eigenvalue weighted by molar-refractivity contribution is -0.161. The predicted molar refractivity (Wildman–Crippen MR) is 97.5 cm³/mol. The Bertz CT molecular complexity index is 791. The minimum Gasteiger partial charge on any atom is -0.479 e. The molecule has 0 spiro atoms. The van der Waals surface area contributed by atoms with Crippen LogP contribution in [-0.4, -0.2) is 35.7 Å². The van der Waals surface area contributed by atoms with Crippen molar-refractivity contribution in [2.24, 2.45) is 11.5 Å². The van der Waals surface area contributed by atoms with Crippen molar-refractivity contribution in [2.45, 2.75) is 24.3 Å². The van der Waals surface area contributed by atoms with Gasteiger partial charge in [0, 0.05) is 5.92 Å². The zero-order valence-electron chi connectivity index (χ0n) is 14.4. The second-order valence-electron chi connectivity index (χ2n) is 6.49. The van der Waals surface area contributed by atoms with Crippen LogP contribution in [0.15, 0.2) is 48.5 Å². The summed E-state index contributed by atoms with van der Waals surface area (Å²) in [5, 5.41) is 9.37. The molecule has 0 radical (unpaired) electrons. The standard InChI is InChI=1S/C20H22N2O4/c21-11-5-10-20(22,18(23)24)19(25)26-12-17-15-8-3-1-6-13(15)14-7-2-4-9-16(14)17/h1-4,6-9,17H,5,10-12,21-22H2,(H,23,24)/t20-/m0/s1. The van der Waals surface area contributed by atoms with E-state index in [1.165, 1.54) is 0 Å². The van der Waals surface area contributed by atoms with E-state index in [4.69, 9.17) is 16.2 Å². The van der Waals surface area contributed by atoms with Gasteiger partial charge in [0.1, 0.15) is 6.61 Å². The van der Waals surface area contributed by atoms with Crippen LogP contribution in [0.3, 0.4) is 0 Å². The van der Waals surface area contributed by atoms with Gasteiger partial charge in [-0.05, 0) is 41.6 Å². The molecule has 0 aromatic heterocycles. The van der Waals surface area contributed by atoms with Gasteiger partial charge >= 0.3 is 11.9 Å². The molecule has 136 valence electrons. The Morgan fingerprint density at radius 2 is 1.58 bits per heavy atom. The number of ether oxygens (including phenoxy) is 1. The largest absolute Gasteiger partial charge is 0.479 e. The van der Waals surface area contributed by atoms with Gasteiger partial charge in [-0.25, -0.2) is 9.59 Å². The SMILES string of the molecule is NCCC[C@](N)(C(=O)O)C(=O)OCC1c2ccccc2-c2ccccc21. The fourth-order valence-corrected chi connectivity index (χ4v) is 3.40. The number of carboxylic acid groups (broad SMARTS) is 1. The second-order valence-corrected chi connectivity index (χ2v) is 6.49. The Morgan fingerprint density at radius 3 is 2.08 bits per heavy atom. The lowest BCUT2D eigenvalue weighted by Gasteiger charge is -2.23. The van der Waals surface area contributed by atoms with Crippen molar-refractivity contribution in [3.05, 3.63) is 59.7 Å². The molecule has 3 rings (SSSR count). The third kappa shape index (κ3) is 3.09. The van der Waals surface area contributed by atoms with Crippen LogP contribution in [0, 0.1) is 0 Å². The summed E-state index contributed by atoms with van der Waals surface area (Å²) in [5.41, 5.74) is 13.5. The summed E-state index contributed by atoms with van der Waals surface area (Å²) in [5.74, 6) is -2.47. The zero-order valence-corrected chi connectivity index (χ0v) is 14.4. The van der Waals surface area contributed by atoms with Crippen LogP contribution < -0.4 is 11.5 Å². The maximum atomic E-state index is 12.4. The van der Waals surface area contributed by atoms with Gasteiger partial charge in [-0.1, -0.05) is 48.5 Å². The number of nitrogens with two attached hydrogens (primary N) is 2. The third-order valence-electron chi connectivity index (χ3n) is 4.86. The van der Waals surface area contributed by atoms with Crippen molar-refractivity contribution >= 4 is 11.9 Å². The number of fused-ring (bicyclic) bond motifs is 3. The van der Waals surface area contributed by atoms with Crippen molar-refractivity contribution in [3.63, 3.8) is 0 Å². The first kappa shape index (κ1) is 18.1. The van der Waals surface area contributed by atoms with Gasteiger partial charge < -0.3 is 21.3 Å². The average molecular weight is 354 g/mol. The van der Waals surface area contributed by atoms with Gasteiger partial charge in [-0.2, -0.15) is 0 Å². The minimum atomic E-state index is -2.07. The number of hydrogen-bond donors (Lipinski definition) is 3. The molecule has 0 bridgehead atoms. The van der Waals surface area contributed by atoms with Crippen LogP contribution >= 0.6 is 0 Å². The molecule has 2 aromatic rings. The van der Waals surface area contributed by atoms with Gasteiger partial charge in [-0.3, -0.25) is 0 Å². The molecular weight excluding hydrogens is 332 g/mol. The molecule has 0 saturated heterocycles. The summed E-state index contributed by atoms with van der Waals surface area (Å²) in [6.45, 7) is 0.296. The number of rotatable bonds is 7.